The molecule has 2 heterocycles. The quantitative estimate of drug-likeness (QED) is 0.923. The number of nitrogens with zero attached hydrogens (tertiary/aromatic N) is 1. The summed E-state index contributed by atoms with van der Waals surface area (Å²) in [4.78, 5) is 14.3. The standard InChI is InChI=1S/C16H22N2O3/c1-11(17)9-16(19)18-6-2-3-13(18)12-4-5-14-15(10-12)21-8-7-20-14/h4-5,10-11,13H,2-3,6-9,17H2,1H3. The highest BCUT2D eigenvalue weighted by Gasteiger charge is 2.30. The van der Waals surface area contributed by atoms with E-state index in [1.54, 1.807) is 0 Å². The van der Waals surface area contributed by atoms with E-state index in [0.717, 1.165) is 36.4 Å². The second-order valence-corrected chi connectivity index (χ2v) is 5.83. The lowest BCUT2D eigenvalue weighted by Crippen LogP contribution is -2.34. The van der Waals surface area contributed by atoms with Gasteiger partial charge >= 0.3 is 0 Å². The number of fused-ring (bicyclic) bond motifs is 1. The van der Waals surface area contributed by atoms with Crippen LogP contribution in [0.2, 0.25) is 0 Å². The Kier molecular flexibility index (Phi) is 4.01. The fraction of sp³-hybridized carbons (Fsp3) is 0.562. The fourth-order valence-electron chi connectivity index (χ4n) is 3.07. The van der Waals surface area contributed by atoms with E-state index in [2.05, 4.69) is 0 Å². The first-order valence-electron chi connectivity index (χ1n) is 7.60. The van der Waals surface area contributed by atoms with Crippen molar-refractivity contribution in [1.82, 2.24) is 4.90 Å². The molecule has 2 aliphatic heterocycles. The second-order valence-electron chi connectivity index (χ2n) is 5.83. The van der Waals surface area contributed by atoms with Crippen LogP contribution in [0.1, 0.15) is 37.8 Å². The van der Waals surface area contributed by atoms with E-state index < -0.39 is 0 Å². The molecule has 0 saturated carbocycles. The molecule has 5 heteroatoms. The second kappa shape index (κ2) is 5.93. The van der Waals surface area contributed by atoms with Crippen LogP contribution < -0.4 is 15.2 Å². The Morgan fingerprint density at radius 2 is 2.14 bits per heavy atom. The van der Waals surface area contributed by atoms with Crippen LogP contribution in [-0.4, -0.2) is 36.6 Å². The zero-order valence-electron chi connectivity index (χ0n) is 12.4. The highest BCUT2D eigenvalue weighted by Crippen LogP contribution is 2.38. The Hall–Kier alpha value is -1.75. The first-order chi connectivity index (χ1) is 10.1. The molecule has 1 aromatic rings. The molecule has 2 atom stereocenters. The zero-order valence-corrected chi connectivity index (χ0v) is 12.4. The van der Waals surface area contributed by atoms with E-state index in [0.29, 0.717) is 19.6 Å². The highest BCUT2D eigenvalue weighted by atomic mass is 16.6. The molecule has 2 N–H and O–H groups in total. The van der Waals surface area contributed by atoms with Crippen LogP contribution in [-0.2, 0) is 4.79 Å². The van der Waals surface area contributed by atoms with Gasteiger partial charge in [-0.1, -0.05) is 6.07 Å². The first kappa shape index (κ1) is 14.2. The van der Waals surface area contributed by atoms with Crippen LogP contribution in [0, 0.1) is 0 Å². The molecular formula is C16H22N2O3. The number of hydrogen-bond donors (Lipinski definition) is 1. The summed E-state index contributed by atoms with van der Waals surface area (Å²) in [6.07, 6.45) is 2.43. The minimum absolute atomic E-state index is 0.0981. The zero-order chi connectivity index (χ0) is 14.8. The average molecular weight is 290 g/mol. The molecular weight excluding hydrogens is 268 g/mol. The van der Waals surface area contributed by atoms with E-state index in [4.69, 9.17) is 15.2 Å². The smallest absolute Gasteiger partial charge is 0.224 e. The van der Waals surface area contributed by atoms with Gasteiger partial charge in [-0.05, 0) is 37.5 Å². The van der Waals surface area contributed by atoms with E-state index >= 15 is 0 Å². The van der Waals surface area contributed by atoms with Crippen molar-refractivity contribution in [2.45, 2.75) is 38.3 Å². The Morgan fingerprint density at radius 3 is 2.90 bits per heavy atom. The van der Waals surface area contributed by atoms with Gasteiger partial charge in [0.2, 0.25) is 5.91 Å². The summed E-state index contributed by atoms with van der Waals surface area (Å²) < 4.78 is 11.2. The lowest BCUT2D eigenvalue weighted by molar-refractivity contribution is -0.132. The van der Waals surface area contributed by atoms with Crippen molar-refractivity contribution in [1.29, 1.82) is 0 Å². The molecule has 1 aromatic carbocycles. The third-order valence-corrected chi connectivity index (χ3v) is 4.02. The van der Waals surface area contributed by atoms with E-state index in [1.165, 1.54) is 0 Å². The van der Waals surface area contributed by atoms with Gasteiger partial charge < -0.3 is 20.1 Å². The number of likely N-dealkylation sites (tertiary alicyclic amines) is 1. The summed E-state index contributed by atoms with van der Waals surface area (Å²) in [6, 6.07) is 6.02. The molecule has 114 valence electrons. The largest absolute Gasteiger partial charge is 0.486 e. The monoisotopic (exact) mass is 290 g/mol. The summed E-state index contributed by atoms with van der Waals surface area (Å²) in [5, 5.41) is 0. The van der Waals surface area contributed by atoms with Crippen molar-refractivity contribution >= 4 is 5.91 Å². The minimum Gasteiger partial charge on any atom is -0.486 e. The van der Waals surface area contributed by atoms with Crippen LogP contribution in [0.15, 0.2) is 18.2 Å². The van der Waals surface area contributed by atoms with Crippen molar-refractivity contribution in [2.24, 2.45) is 5.73 Å². The maximum absolute atomic E-state index is 12.3. The van der Waals surface area contributed by atoms with Gasteiger partial charge in [-0.2, -0.15) is 0 Å². The Balaban J connectivity index is 1.80. The average Bonchev–Trinajstić information content (AvgIpc) is 2.95. The van der Waals surface area contributed by atoms with Crippen LogP contribution >= 0.6 is 0 Å². The third-order valence-electron chi connectivity index (χ3n) is 4.02. The predicted octanol–water partition coefficient (Wildman–Crippen LogP) is 1.86. The molecule has 0 aromatic heterocycles. The van der Waals surface area contributed by atoms with Gasteiger partial charge in [0.25, 0.3) is 0 Å². The van der Waals surface area contributed by atoms with Gasteiger partial charge in [0.1, 0.15) is 13.2 Å². The third kappa shape index (κ3) is 2.97. The van der Waals surface area contributed by atoms with E-state index in [-0.39, 0.29) is 18.0 Å². The van der Waals surface area contributed by atoms with Gasteiger partial charge in [-0.25, -0.2) is 0 Å². The van der Waals surface area contributed by atoms with Crippen molar-refractivity contribution in [3.8, 4) is 11.5 Å². The van der Waals surface area contributed by atoms with E-state index in [9.17, 15) is 4.79 Å². The number of benzene rings is 1. The van der Waals surface area contributed by atoms with Crippen molar-refractivity contribution < 1.29 is 14.3 Å². The fourth-order valence-corrected chi connectivity index (χ4v) is 3.07. The minimum atomic E-state index is -0.0981. The van der Waals surface area contributed by atoms with Gasteiger partial charge in [-0.15, -0.1) is 0 Å². The molecule has 5 nitrogen and oxygen atoms in total. The molecule has 0 radical (unpaired) electrons. The normalized spacial score (nSPS) is 22.2. The molecule has 1 saturated heterocycles. The summed E-state index contributed by atoms with van der Waals surface area (Å²) in [7, 11) is 0. The SMILES string of the molecule is CC(N)CC(=O)N1CCCC1c1ccc2c(c1)OCCO2. The highest BCUT2D eigenvalue weighted by molar-refractivity contribution is 5.77. The van der Waals surface area contributed by atoms with Crippen molar-refractivity contribution in [3.05, 3.63) is 23.8 Å². The lowest BCUT2D eigenvalue weighted by atomic mass is 10.0. The number of amides is 1. The summed E-state index contributed by atoms with van der Waals surface area (Å²) in [6.45, 7) is 3.85. The Bertz CT molecular complexity index is 530. The molecule has 0 aliphatic carbocycles. The summed E-state index contributed by atoms with van der Waals surface area (Å²) >= 11 is 0. The number of carbonyl (C=O) groups is 1. The molecule has 2 unspecified atom stereocenters. The summed E-state index contributed by atoms with van der Waals surface area (Å²) in [5.74, 6) is 1.71. The van der Waals surface area contributed by atoms with Gasteiger partial charge in [0, 0.05) is 19.0 Å². The molecule has 1 amide bonds. The van der Waals surface area contributed by atoms with Crippen LogP contribution in [0.5, 0.6) is 11.5 Å². The Morgan fingerprint density at radius 1 is 1.38 bits per heavy atom. The number of hydrogen-bond acceptors (Lipinski definition) is 4. The molecule has 0 spiro atoms. The predicted molar refractivity (Wildman–Crippen MR) is 79.4 cm³/mol. The van der Waals surface area contributed by atoms with Gasteiger partial charge in [0.15, 0.2) is 11.5 Å². The lowest BCUT2D eigenvalue weighted by Gasteiger charge is -2.27. The molecule has 2 aliphatic rings. The van der Waals surface area contributed by atoms with Gasteiger partial charge in [0.05, 0.1) is 6.04 Å². The first-order valence-corrected chi connectivity index (χ1v) is 7.60. The number of carbonyl (C=O) groups excluding carboxylic acids is 1. The maximum Gasteiger partial charge on any atom is 0.224 e. The van der Waals surface area contributed by atoms with E-state index in [1.807, 2.05) is 30.0 Å². The number of ether oxygens (including phenoxy) is 2. The molecule has 3 rings (SSSR count). The maximum atomic E-state index is 12.3. The number of nitrogens with two attached hydrogens (primary N) is 1. The van der Waals surface area contributed by atoms with Crippen LogP contribution in [0.4, 0.5) is 0 Å². The topological polar surface area (TPSA) is 64.8 Å². The van der Waals surface area contributed by atoms with Crippen molar-refractivity contribution in [3.63, 3.8) is 0 Å². The van der Waals surface area contributed by atoms with Crippen molar-refractivity contribution in [2.75, 3.05) is 19.8 Å². The molecule has 1 fully saturated rings. The summed E-state index contributed by atoms with van der Waals surface area (Å²) in [5.41, 5.74) is 6.87. The molecule has 0 bridgehead atoms. The van der Waals surface area contributed by atoms with Gasteiger partial charge in [-0.3, -0.25) is 4.79 Å². The Labute approximate surface area is 125 Å². The van der Waals surface area contributed by atoms with Crippen LogP contribution in [0.3, 0.4) is 0 Å². The molecule has 21 heavy (non-hydrogen) atoms. The van der Waals surface area contributed by atoms with Crippen LogP contribution in [0.25, 0.3) is 0 Å². The number of rotatable bonds is 3.